The molecule has 39 heavy (non-hydrogen) atoms. The van der Waals surface area contributed by atoms with Crippen LogP contribution in [0.25, 0.3) is 5.83 Å². The van der Waals surface area contributed by atoms with E-state index in [4.69, 9.17) is 0 Å². The second-order valence-electron chi connectivity index (χ2n) is 7.99. The summed E-state index contributed by atoms with van der Waals surface area (Å²) in [4.78, 5) is 24.1. The van der Waals surface area contributed by atoms with Crippen LogP contribution in [0.3, 0.4) is 0 Å². The molecule has 0 aromatic heterocycles. The number of alkyl halides is 9. The van der Waals surface area contributed by atoms with Gasteiger partial charge in [0.05, 0.1) is 11.1 Å². The first-order valence-electron chi connectivity index (χ1n) is 10.5. The Labute approximate surface area is 231 Å². The molecule has 0 fully saturated rings. The summed E-state index contributed by atoms with van der Waals surface area (Å²) in [5.74, 6) is -7.11. The summed E-state index contributed by atoms with van der Waals surface area (Å²) in [6, 6.07) is 2.85. The van der Waals surface area contributed by atoms with E-state index in [-0.39, 0.29) is 16.6 Å². The van der Waals surface area contributed by atoms with E-state index in [1.807, 2.05) is 0 Å². The quantitative estimate of drug-likeness (QED) is 0.291. The molecule has 0 aliphatic heterocycles. The van der Waals surface area contributed by atoms with E-state index in [2.05, 4.69) is 31.9 Å². The fraction of sp³-hybridized carbons (Fsp3) is 0.304. The summed E-state index contributed by atoms with van der Waals surface area (Å²) < 4.78 is 134. The first-order chi connectivity index (χ1) is 17.7. The Bertz CT molecular complexity index is 1260. The summed E-state index contributed by atoms with van der Waals surface area (Å²) in [5.41, 5.74) is -4.24. The second kappa shape index (κ2) is 12.3. The third kappa shape index (κ3) is 9.22. The average molecular weight is 702 g/mol. The van der Waals surface area contributed by atoms with E-state index >= 15 is 0 Å². The molecule has 2 atom stereocenters. The van der Waals surface area contributed by atoms with Gasteiger partial charge in [-0.2, -0.15) is 39.5 Å². The van der Waals surface area contributed by atoms with Crippen molar-refractivity contribution in [2.24, 2.45) is 0 Å². The van der Waals surface area contributed by atoms with Crippen molar-refractivity contribution in [3.63, 3.8) is 0 Å². The second-order valence-corrected chi connectivity index (χ2v) is 9.70. The number of allylic oxidation sites excluding steroid dienone is 1. The molecule has 2 rings (SSSR count). The molecular formula is C23H16Br2F10N2O2. The van der Waals surface area contributed by atoms with E-state index in [0.717, 1.165) is 19.1 Å². The van der Waals surface area contributed by atoms with Gasteiger partial charge >= 0.3 is 18.5 Å². The van der Waals surface area contributed by atoms with Crippen LogP contribution in [0.4, 0.5) is 43.9 Å². The number of halogens is 12. The maximum atomic E-state index is 14.9. The highest BCUT2D eigenvalue weighted by Crippen LogP contribution is 2.41. The van der Waals surface area contributed by atoms with Crippen molar-refractivity contribution >= 4 is 49.5 Å². The number of hydrogen-bond acceptors (Lipinski definition) is 2. The number of rotatable bonds is 7. The fourth-order valence-corrected chi connectivity index (χ4v) is 3.78. The highest BCUT2D eigenvalue weighted by Gasteiger charge is 2.41. The first-order valence-corrected chi connectivity index (χ1v) is 12.0. The lowest BCUT2D eigenvalue weighted by Crippen LogP contribution is -2.47. The lowest BCUT2D eigenvalue weighted by molar-refractivity contribution is -0.140. The van der Waals surface area contributed by atoms with Gasteiger partial charge in [-0.05, 0) is 74.7 Å². The van der Waals surface area contributed by atoms with Gasteiger partial charge in [-0.15, -0.1) is 0 Å². The van der Waals surface area contributed by atoms with Crippen LogP contribution in [-0.2, 0) is 11.0 Å². The zero-order chi connectivity index (χ0) is 29.9. The third-order valence-electron chi connectivity index (χ3n) is 5.02. The van der Waals surface area contributed by atoms with Crippen LogP contribution in [0, 0.1) is 0 Å². The minimum absolute atomic E-state index is 0.0813. The third-order valence-corrected chi connectivity index (χ3v) is 6.90. The Morgan fingerprint density at radius 3 is 2.05 bits per heavy atom. The Balaban J connectivity index is 2.42. The van der Waals surface area contributed by atoms with Crippen molar-refractivity contribution in [2.75, 3.05) is 6.54 Å². The highest BCUT2D eigenvalue weighted by molar-refractivity contribution is 9.13. The molecule has 0 saturated carbocycles. The largest absolute Gasteiger partial charge is 0.417 e. The number of carbonyl (C=O) groups is 2. The average Bonchev–Trinajstić information content (AvgIpc) is 2.80. The number of nitrogens with one attached hydrogen (secondary N) is 2. The minimum atomic E-state index is -5.30. The summed E-state index contributed by atoms with van der Waals surface area (Å²) in [6.07, 6.45) is -15.0. The molecule has 2 N–H and O–H groups in total. The van der Waals surface area contributed by atoms with Crippen LogP contribution in [0.1, 0.15) is 39.9 Å². The van der Waals surface area contributed by atoms with Gasteiger partial charge in [0.15, 0.2) is 0 Å². The molecule has 2 aromatic carbocycles. The van der Waals surface area contributed by atoms with Crippen molar-refractivity contribution in [2.45, 2.75) is 37.4 Å². The first kappa shape index (κ1) is 32.6. The van der Waals surface area contributed by atoms with Gasteiger partial charge in [-0.3, -0.25) is 9.59 Å². The van der Waals surface area contributed by atoms with Crippen LogP contribution in [-0.4, -0.2) is 36.8 Å². The molecule has 0 saturated heterocycles. The Hall–Kier alpha value is -2.62. The molecule has 0 aliphatic carbocycles. The predicted octanol–water partition coefficient (Wildman–Crippen LogP) is 7.68. The lowest BCUT2D eigenvalue weighted by atomic mass is 9.95. The topological polar surface area (TPSA) is 58.2 Å². The summed E-state index contributed by atoms with van der Waals surface area (Å²) >= 11 is 6.10. The zero-order valence-corrected chi connectivity index (χ0v) is 22.4. The van der Waals surface area contributed by atoms with Gasteiger partial charge < -0.3 is 10.6 Å². The number of amides is 2. The lowest BCUT2D eigenvalue weighted by Gasteiger charge is -2.19. The van der Waals surface area contributed by atoms with E-state index < -0.39 is 76.9 Å². The molecule has 0 heterocycles. The van der Waals surface area contributed by atoms with Crippen LogP contribution >= 0.6 is 31.9 Å². The van der Waals surface area contributed by atoms with Gasteiger partial charge in [0.25, 0.3) is 5.91 Å². The number of carbonyl (C=O) groups excluding carboxylic acids is 2. The molecule has 4 nitrogen and oxygen atoms in total. The van der Waals surface area contributed by atoms with E-state index in [9.17, 15) is 53.5 Å². The Kier molecular flexibility index (Phi) is 10.3. The maximum absolute atomic E-state index is 14.9. The van der Waals surface area contributed by atoms with Crippen molar-refractivity contribution < 1.29 is 53.5 Å². The molecule has 16 heteroatoms. The Morgan fingerprint density at radius 1 is 0.923 bits per heavy atom. The zero-order valence-electron chi connectivity index (χ0n) is 19.3. The minimum Gasteiger partial charge on any atom is -0.345 e. The molecule has 2 amide bonds. The highest BCUT2D eigenvalue weighted by atomic mass is 79.9. The van der Waals surface area contributed by atoms with E-state index in [1.165, 1.54) is 11.4 Å². The normalized spacial score (nSPS) is 14.5. The van der Waals surface area contributed by atoms with Crippen LogP contribution in [0.5, 0.6) is 0 Å². The molecule has 2 aromatic rings. The van der Waals surface area contributed by atoms with Crippen molar-refractivity contribution in [1.82, 2.24) is 10.6 Å². The van der Waals surface area contributed by atoms with Crippen molar-refractivity contribution in [3.05, 3.63) is 73.7 Å². The molecule has 0 bridgehead atoms. The SMILES string of the molecule is C[C@@H](NC(=O)c1ccc(/C(F)=C/C(c2ccc(Br)c(Br)c2)C(F)(F)F)cc1C(F)(F)F)C(=O)NCC(F)(F)F. The summed E-state index contributed by atoms with van der Waals surface area (Å²) in [7, 11) is 0. The molecule has 0 spiro atoms. The van der Waals surface area contributed by atoms with Gasteiger partial charge in [-0.1, -0.05) is 12.1 Å². The molecule has 0 aliphatic rings. The Morgan fingerprint density at radius 2 is 1.54 bits per heavy atom. The maximum Gasteiger partial charge on any atom is 0.417 e. The molecule has 214 valence electrons. The standard InChI is InChI=1S/C23H16Br2F10N2O2/c1-10(19(38)36-9-21(27,28)29)37-20(39)13-4-2-12(6-15(13)23(33,34)35)18(26)8-14(22(30,31)32)11-3-5-16(24)17(25)7-11/h2-8,10,14H,9H2,1H3,(H,36,38)(H,37,39)/b18-8-/t10-,14?/m1/s1. The summed E-state index contributed by atoms with van der Waals surface area (Å²) in [5, 5.41) is 3.24. The monoisotopic (exact) mass is 700 g/mol. The summed E-state index contributed by atoms with van der Waals surface area (Å²) in [6.45, 7) is -0.846. The van der Waals surface area contributed by atoms with Crippen molar-refractivity contribution in [3.8, 4) is 0 Å². The molecular weight excluding hydrogens is 686 g/mol. The fourth-order valence-electron chi connectivity index (χ4n) is 3.13. The van der Waals surface area contributed by atoms with Gasteiger partial charge in [0.2, 0.25) is 5.91 Å². The smallest absolute Gasteiger partial charge is 0.345 e. The van der Waals surface area contributed by atoms with Crippen LogP contribution in [0.15, 0.2) is 51.4 Å². The van der Waals surface area contributed by atoms with Gasteiger partial charge in [0.1, 0.15) is 24.3 Å². The molecule has 0 radical (unpaired) electrons. The van der Waals surface area contributed by atoms with Crippen molar-refractivity contribution in [1.29, 1.82) is 0 Å². The number of benzene rings is 2. The van der Waals surface area contributed by atoms with Gasteiger partial charge in [0, 0.05) is 14.5 Å². The number of hydrogen-bond donors (Lipinski definition) is 2. The predicted molar refractivity (Wildman–Crippen MR) is 127 cm³/mol. The molecule has 1 unspecified atom stereocenters. The van der Waals surface area contributed by atoms with Gasteiger partial charge in [-0.25, -0.2) is 4.39 Å². The van der Waals surface area contributed by atoms with E-state index in [1.54, 1.807) is 5.32 Å². The van der Waals surface area contributed by atoms with Crippen LogP contribution in [0.2, 0.25) is 0 Å². The van der Waals surface area contributed by atoms with E-state index in [0.29, 0.717) is 16.6 Å². The van der Waals surface area contributed by atoms with Crippen LogP contribution < -0.4 is 10.6 Å².